The number of hydrogen-bond acceptors (Lipinski definition) is 5. The molecule has 2 aliphatic heterocycles. The molecule has 2 aromatic heterocycles. The van der Waals surface area contributed by atoms with Crippen molar-refractivity contribution in [2.24, 2.45) is 0 Å². The van der Waals surface area contributed by atoms with E-state index >= 15 is 0 Å². The van der Waals surface area contributed by atoms with Gasteiger partial charge < -0.3 is 19.7 Å². The van der Waals surface area contributed by atoms with Crippen molar-refractivity contribution in [1.29, 1.82) is 0 Å². The molecule has 1 saturated heterocycles. The maximum Gasteiger partial charge on any atom is 0.335 e. The SMILES string of the molecule is O=C(CN1CCC(O)(C(=O)O)CC1)N1CCc2c(n(Cc3cccc(F)c3)c3ncccc23)C1. The molecular formula is C25H27FN4O4. The van der Waals surface area contributed by atoms with Gasteiger partial charge in [-0.1, -0.05) is 12.1 Å². The van der Waals surface area contributed by atoms with Gasteiger partial charge in [-0.05, 0) is 54.7 Å². The molecule has 0 unspecified atom stereocenters. The summed E-state index contributed by atoms with van der Waals surface area (Å²) in [6.07, 6.45) is 2.66. The Balaban J connectivity index is 1.35. The van der Waals surface area contributed by atoms with E-state index in [0.29, 0.717) is 39.1 Å². The number of pyridine rings is 1. The number of nitrogens with zero attached hydrogens (tertiary/aromatic N) is 4. The zero-order chi connectivity index (χ0) is 23.9. The summed E-state index contributed by atoms with van der Waals surface area (Å²) >= 11 is 0. The number of aromatic nitrogens is 2. The number of carbonyl (C=O) groups excluding carboxylic acids is 1. The monoisotopic (exact) mass is 466 g/mol. The first-order valence-electron chi connectivity index (χ1n) is 11.5. The number of hydrogen-bond donors (Lipinski definition) is 2. The van der Waals surface area contributed by atoms with Crippen molar-refractivity contribution in [3.8, 4) is 0 Å². The molecule has 9 heteroatoms. The van der Waals surface area contributed by atoms with E-state index in [0.717, 1.165) is 22.3 Å². The van der Waals surface area contributed by atoms with E-state index in [9.17, 15) is 24.2 Å². The second-order valence-electron chi connectivity index (χ2n) is 9.19. The Labute approximate surface area is 196 Å². The number of likely N-dealkylation sites (tertiary alicyclic amines) is 1. The van der Waals surface area contributed by atoms with Crippen LogP contribution < -0.4 is 0 Å². The number of carboxylic acid groups (broad SMARTS) is 1. The van der Waals surface area contributed by atoms with Crippen LogP contribution in [0.1, 0.15) is 29.7 Å². The highest BCUT2D eigenvalue weighted by Crippen LogP contribution is 2.31. The zero-order valence-corrected chi connectivity index (χ0v) is 18.8. The van der Waals surface area contributed by atoms with E-state index in [1.807, 2.05) is 28.0 Å². The Kier molecular flexibility index (Phi) is 5.83. The first kappa shape index (κ1) is 22.5. The average Bonchev–Trinajstić information content (AvgIpc) is 3.13. The van der Waals surface area contributed by atoms with E-state index in [1.165, 1.54) is 17.7 Å². The third-order valence-electron chi connectivity index (χ3n) is 7.04. The molecule has 0 atom stereocenters. The lowest BCUT2D eigenvalue weighted by Gasteiger charge is -2.36. The van der Waals surface area contributed by atoms with Gasteiger partial charge in [0.1, 0.15) is 11.5 Å². The Bertz CT molecular complexity index is 1250. The van der Waals surface area contributed by atoms with Gasteiger partial charge in [-0.15, -0.1) is 0 Å². The first-order valence-corrected chi connectivity index (χ1v) is 11.5. The second kappa shape index (κ2) is 8.81. The third kappa shape index (κ3) is 4.17. The molecule has 178 valence electrons. The number of amides is 1. The lowest BCUT2D eigenvalue weighted by Crippen LogP contribution is -2.52. The fraction of sp³-hybridized carbons (Fsp3) is 0.400. The van der Waals surface area contributed by atoms with Crippen molar-refractivity contribution in [3.63, 3.8) is 0 Å². The summed E-state index contributed by atoms with van der Waals surface area (Å²) in [5.74, 6) is -1.52. The van der Waals surface area contributed by atoms with Crippen LogP contribution >= 0.6 is 0 Å². The minimum atomic E-state index is -1.70. The minimum absolute atomic E-state index is 0.0260. The largest absolute Gasteiger partial charge is 0.479 e. The number of benzene rings is 1. The van der Waals surface area contributed by atoms with Crippen LogP contribution in [0.15, 0.2) is 42.6 Å². The van der Waals surface area contributed by atoms with Gasteiger partial charge in [-0.25, -0.2) is 14.2 Å². The molecule has 0 radical (unpaired) electrons. The fourth-order valence-corrected chi connectivity index (χ4v) is 5.05. The van der Waals surface area contributed by atoms with Crippen molar-refractivity contribution in [3.05, 3.63) is 65.2 Å². The summed E-state index contributed by atoms with van der Waals surface area (Å²) in [7, 11) is 0. The first-order chi connectivity index (χ1) is 16.3. The summed E-state index contributed by atoms with van der Waals surface area (Å²) in [4.78, 5) is 32.7. The molecule has 34 heavy (non-hydrogen) atoms. The van der Waals surface area contributed by atoms with Gasteiger partial charge in [0.25, 0.3) is 0 Å². The maximum absolute atomic E-state index is 13.8. The molecule has 1 amide bonds. The highest BCUT2D eigenvalue weighted by molar-refractivity contribution is 5.84. The highest BCUT2D eigenvalue weighted by atomic mass is 19.1. The van der Waals surface area contributed by atoms with Gasteiger partial charge in [0.15, 0.2) is 5.60 Å². The molecule has 0 bridgehead atoms. The van der Waals surface area contributed by atoms with Gasteiger partial charge in [-0.2, -0.15) is 0 Å². The summed E-state index contributed by atoms with van der Waals surface area (Å²) in [5.41, 5.74) is 2.14. The Hall–Kier alpha value is -3.30. The summed E-state index contributed by atoms with van der Waals surface area (Å²) < 4.78 is 15.9. The van der Waals surface area contributed by atoms with Crippen molar-refractivity contribution in [2.45, 2.75) is 38.0 Å². The number of aliphatic hydroxyl groups is 1. The third-order valence-corrected chi connectivity index (χ3v) is 7.04. The Morgan fingerprint density at radius 2 is 1.91 bits per heavy atom. The molecule has 0 spiro atoms. The molecule has 4 heterocycles. The van der Waals surface area contributed by atoms with E-state index in [-0.39, 0.29) is 31.1 Å². The van der Waals surface area contributed by atoms with Crippen LogP contribution in [0, 0.1) is 5.82 Å². The molecule has 8 nitrogen and oxygen atoms in total. The lowest BCUT2D eigenvalue weighted by molar-refractivity contribution is -0.163. The molecule has 3 aromatic rings. The molecule has 1 fully saturated rings. The summed E-state index contributed by atoms with van der Waals surface area (Å²) in [6, 6.07) is 10.4. The van der Waals surface area contributed by atoms with Gasteiger partial charge >= 0.3 is 5.97 Å². The minimum Gasteiger partial charge on any atom is -0.479 e. The number of fused-ring (bicyclic) bond motifs is 3. The smallest absolute Gasteiger partial charge is 0.335 e. The number of carbonyl (C=O) groups is 2. The highest BCUT2D eigenvalue weighted by Gasteiger charge is 2.40. The van der Waals surface area contributed by atoms with E-state index in [1.54, 1.807) is 12.3 Å². The van der Waals surface area contributed by atoms with Gasteiger partial charge in [0.2, 0.25) is 5.91 Å². The quantitative estimate of drug-likeness (QED) is 0.597. The molecule has 0 aliphatic carbocycles. The molecule has 2 aliphatic rings. The van der Waals surface area contributed by atoms with E-state index < -0.39 is 11.6 Å². The summed E-state index contributed by atoms with van der Waals surface area (Å²) in [6.45, 7) is 2.39. The van der Waals surface area contributed by atoms with Crippen molar-refractivity contribution in [2.75, 3.05) is 26.2 Å². The van der Waals surface area contributed by atoms with E-state index in [4.69, 9.17) is 0 Å². The number of carboxylic acids is 1. The normalized spacial score (nSPS) is 18.1. The number of piperidine rings is 1. The number of rotatable bonds is 5. The second-order valence-corrected chi connectivity index (χ2v) is 9.19. The Morgan fingerprint density at radius 3 is 2.65 bits per heavy atom. The van der Waals surface area contributed by atoms with Crippen LogP contribution in [-0.4, -0.2) is 73.2 Å². The van der Waals surface area contributed by atoms with Crippen LogP contribution in [0.25, 0.3) is 11.0 Å². The van der Waals surface area contributed by atoms with Crippen LogP contribution in [0.5, 0.6) is 0 Å². The molecule has 1 aromatic carbocycles. The van der Waals surface area contributed by atoms with Gasteiger partial charge in [-0.3, -0.25) is 9.69 Å². The van der Waals surface area contributed by atoms with Gasteiger partial charge in [0.05, 0.1) is 13.1 Å². The Morgan fingerprint density at radius 1 is 1.12 bits per heavy atom. The van der Waals surface area contributed by atoms with Crippen LogP contribution in [-0.2, 0) is 29.1 Å². The van der Waals surface area contributed by atoms with Crippen molar-refractivity contribution < 1.29 is 24.2 Å². The maximum atomic E-state index is 13.8. The van der Waals surface area contributed by atoms with Crippen LogP contribution in [0.2, 0.25) is 0 Å². The predicted octanol–water partition coefficient (Wildman–Crippen LogP) is 2.02. The van der Waals surface area contributed by atoms with Crippen molar-refractivity contribution in [1.82, 2.24) is 19.4 Å². The molecule has 0 saturated carbocycles. The molecule has 2 N–H and O–H groups in total. The van der Waals surface area contributed by atoms with Crippen molar-refractivity contribution >= 4 is 22.9 Å². The summed E-state index contributed by atoms with van der Waals surface area (Å²) in [5, 5.41) is 20.4. The standard InChI is InChI=1S/C25H27FN4O4/c26-18-4-1-3-17(13-18)14-30-21-15-29(10-6-19(21)20-5-2-9-27-23(20)30)22(31)16-28-11-7-25(34,8-12-28)24(32)33/h1-5,9,13,34H,6-8,10-12,14-16H2,(H,32,33). The lowest BCUT2D eigenvalue weighted by atomic mass is 9.91. The topological polar surface area (TPSA) is 98.9 Å². The molecule has 5 rings (SSSR count). The predicted molar refractivity (Wildman–Crippen MR) is 123 cm³/mol. The van der Waals surface area contributed by atoms with Crippen LogP contribution in [0.4, 0.5) is 4.39 Å². The van der Waals surface area contributed by atoms with Crippen LogP contribution in [0.3, 0.4) is 0 Å². The number of halogens is 1. The fourth-order valence-electron chi connectivity index (χ4n) is 5.05. The zero-order valence-electron chi connectivity index (χ0n) is 18.8. The average molecular weight is 467 g/mol. The molecular weight excluding hydrogens is 439 g/mol. The van der Waals surface area contributed by atoms with E-state index in [2.05, 4.69) is 9.55 Å². The number of aliphatic carboxylic acids is 1. The van der Waals surface area contributed by atoms with Gasteiger partial charge in [0, 0.05) is 43.5 Å².